The Labute approximate surface area is 265 Å². The zero-order chi connectivity index (χ0) is 33.9. The number of aromatic nitrogens is 6. The van der Waals surface area contributed by atoms with Gasteiger partial charge in [0.2, 0.25) is 0 Å². The molecule has 47 heavy (non-hydrogen) atoms. The van der Waals surface area contributed by atoms with E-state index in [1.807, 2.05) is 0 Å². The van der Waals surface area contributed by atoms with E-state index in [0.29, 0.717) is 27.9 Å². The first-order valence-electron chi connectivity index (χ1n) is 14.6. The highest BCUT2D eigenvalue weighted by atomic mass is 19.4. The summed E-state index contributed by atoms with van der Waals surface area (Å²) in [6, 6.07) is 3.59. The molecule has 1 aliphatic carbocycles. The zero-order valence-corrected chi connectivity index (χ0v) is 26.1. The molecule has 14 nitrogen and oxygen atoms in total. The van der Waals surface area contributed by atoms with E-state index in [-0.39, 0.29) is 42.5 Å². The number of urea groups is 1. The van der Waals surface area contributed by atoms with Gasteiger partial charge in [-0.25, -0.2) is 24.5 Å². The van der Waals surface area contributed by atoms with Crippen LogP contribution in [0.5, 0.6) is 0 Å². The summed E-state index contributed by atoms with van der Waals surface area (Å²) in [4.78, 5) is 38.7. The van der Waals surface area contributed by atoms with Crippen LogP contribution in [0.1, 0.15) is 53.2 Å². The molecule has 0 bridgehead atoms. The number of carbonyl (C=O) groups is 2. The SMILES string of the molecule is CC(C)(O)Cn1cc(-c2ccc(NC(=O)Nc3cc(C4(C(F)(F)F)CC4)on3)c3nccn23)c2c(NC(=O)OC(C)(C)C)ncnc21. The van der Waals surface area contributed by atoms with Crippen molar-refractivity contribution in [2.24, 2.45) is 0 Å². The van der Waals surface area contributed by atoms with Crippen molar-refractivity contribution in [3.8, 4) is 11.3 Å². The number of halogens is 3. The molecule has 0 aromatic carbocycles. The lowest BCUT2D eigenvalue weighted by Gasteiger charge is -2.20. The Morgan fingerprint density at radius 2 is 1.79 bits per heavy atom. The van der Waals surface area contributed by atoms with Crippen molar-refractivity contribution in [3.05, 3.63) is 48.9 Å². The number of imidazole rings is 1. The van der Waals surface area contributed by atoms with Gasteiger partial charge in [-0.2, -0.15) is 13.2 Å². The first kappa shape index (κ1) is 31.8. The summed E-state index contributed by atoms with van der Waals surface area (Å²) in [6.07, 6.45) is 0.816. The molecule has 1 saturated carbocycles. The number of amides is 3. The molecule has 5 heterocycles. The quantitative estimate of drug-likeness (QED) is 0.162. The summed E-state index contributed by atoms with van der Waals surface area (Å²) in [7, 11) is 0. The fourth-order valence-electron chi connectivity index (χ4n) is 5.31. The van der Waals surface area contributed by atoms with E-state index in [2.05, 4.69) is 36.1 Å². The van der Waals surface area contributed by atoms with Crippen LogP contribution in [0.2, 0.25) is 0 Å². The van der Waals surface area contributed by atoms with Crippen molar-refractivity contribution >= 4 is 46.1 Å². The molecule has 0 aliphatic heterocycles. The third kappa shape index (κ3) is 6.30. The largest absolute Gasteiger partial charge is 0.444 e. The van der Waals surface area contributed by atoms with Gasteiger partial charge in [0.05, 0.1) is 28.9 Å². The number of pyridine rings is 1. The van der Waals surface area contributed by atoms with Gasteiger partial charge in [0.1, 0.15) is 28.8 Å². The van der Waals surface area contributed by atoms with Crippen LogP contribution < -0.4 is 16.0 Å². The van der Waals surface area contributed by atoms with E-state index in [0.717, 1.165) is 6.07 Å². The first-order chi connectivity index (χ1) is 21.9. The number of nitrogens with zero attached hydrogens (tertiary/aromatic N) is 6. The fourth-order valence-corrected chi connectivity index (χ4v) is 5.31. The van der Waals surface area contributed by atoms with E-state index >= 15 is 0 Å². The Bertz CT molecular complexity index is 2000. The summed E-state index contributed by atoms with van der Waals surface area (Å²) in [5.74, 6) is -0.351. The lowest BCUT2D eigenvalue weighted by molar-refractivity contribution is -0.165. The van der Waals surface area contributed by atoms with Gasteiger partial charge in [0.25, 0.3) is 0 Å². The molecule has 0 saturated heterocycles. The second kappa shape index (κ2) is 11.0. The third-order valence-corrected chi connectivity index (χ3v) is 7.42. The second-order valence-electron chi connectivity index (χ2n) is 13.0. The van der Waals surface area contributed by atoms with Gasteiger partial charge in [-0.1, -0.05) is 5.16 Å². The number of aliphatic hydroxyl groups is 1. The molecule has 0 atom stereocenters. The standard InChI is InChI=1S/C30H32F3N9O5/c1-27(2,3)46-26(44)39-22-21-16(13-41(14-28(4,5)45)24(21)36-15-35-22)18-7-6-17(23-34-10-11-42(18)23)37-25(43)38-20-12-19(47-40-20)29(8-9-29)30(31,32)33/h6-7,10-13,15,45H,8-9,14H2,1-5H3,(H,35,36,39,44)(H2,37,38,40,43). The first-order valence-corrected chi connectivity index (χ1v) is 14.6. The average Bonchev–Trinajstić information content (AvgIpc) is 3.23. The minimum atomic E-state index is -4.49. The minimum absolute atomic E-state index is 0.108. The highest BCUT2D eigenvalue weighted by Gasteiger charge is 2.67. The summed E-state index contributed by atoms with van der Waals surface area (Å²) >= 11 is 0. The summed E-state index contributed by atoms with van der Waals surface area (Å²) in [5, 5.41) is 22.4. The van der Waals surface area contributed by atoms with Gasteiger partial charge in [-0.05, 0) is 59.6 Å². The maximum absolute atomic E-state index is 13.5. The number of fused-ring (bicyclic) bond motifs is 2. The summed E-state index contributed by atoms with van der Waals surface area (Å²) < 4.78 is 54.2. The molecule has 4 N–H and O–H groups in total. The van der Waals surface area contributed by atoms with Crippen LogP contribution in [0.25, 0.3) is 27.9 Å². The normalized spacial score (nSPS) is 14.7. The van der Waals surface area contributed by atoms with E-state index < -0.39 is 34.9 Å². The van der Waals surface area contributed by atoms with Crippen LogP contribution in [-0.2, 0) is 16.7 Å². The summed E-state index contributed by atoms with van der Waals surface area (Å²) in [6.45, 7) is 8.67. The highest BCUT2D eigenvalue weighted by molar-refractivity contribution is 6.06. The van der Waals surface area contributed by atoms with Gasteiger partial charge in [0, 0.05) is 30.2 Å². The maximum Gasteiger partial charge on any atom is 0.413 e. The van der Waals surface area contributed by atoms with E-state index in [1.54, 1.807) is 68.1 Å². The van der Waals surface area contributed by atoms with Gasteiger partial charge >= 0.3 is 18.3 Å². The van der Waals surface area contributed by atoms with Crippen LogP contribution in [-0.4, -0.2) is 63.7 Å². The molecule has 5 aromatic rings. The number of carbonyl (C=O) groups excluding carboxylic acids is 2. The van der Waals surface area contributed by atoms with Crippen molar-refractivity contribution < 1.29 is 37.1 Å². The molecule has 0 unspecified atom stereocenters. The molecule has 1 fully saturated rings. The molecule has 0 spiro atoms. The van der Waals surface area contributed by atoms with E-state index in [4.69, 9.17) is 9.26 Å². The number of alkyl halides is 3. The number of hydrogen-bond acceptors (Lipinski definition) is 9. The van der Waals surface area contributed by atoms with Crippen LogP contribution in [0.15, 0.2) is 47.6 Å². The smallest absolute Gasteiger partial charge is 0.413 e. The Hall–Kier alpha value is -5.19. The van der Waals surface area contributed by atoms with Crippen molar-refractivity contribution in [1.29, 1.82) is 0 Å². The molecular formula is C30H32F3N9O5. The van der Waals surface area contributed by atoms with Gasteiger partial charge in [-0.15, -0.1) is 0 Å². The molecular weight excluding hydrogens is 623 g/mol. The summed E-state index contributed by atoms with van der Waals surface area (Å²) in [5.41, 5.74) is -1.76. The second-order valence-corrected chi connectivity index (χ2v) is 13.0. The van der Waals surface area contributed by atoms with Crippen molar-refractivity contribution in [3.63, 3.8) is 0 Å². The van der Waals surface area contributed by atoms with E-state index in [1.165, 1.54) is 12.5 Å². The highest BCUT2D eigenvalue weighted by Crippen LogP contribution is 2.59. The predicted molar refractivity (Wildman–Crippen MR) is 164 cm³/mol. The monoisotopic (exact) mass is 655 g/mol. The lowest BCUT2D eigenvalue weighted by atomic mass is 10.0. The van der Waals surface area contributed by atoms with Crippen LogP contribution in [0, 0.1) is 0 Å². The Morgan fingerprint density at radius 3 is 2.45 bits per heavy atom. The number of ether oxygens (including phenoxy) is 1. The third-order valence-electron chi connectivity index (χ3n) is 7.42. The van der Waals surface area contributed by atoms with Crippen LogP contribution in [0.3, 0.4) is 0 Å². The number of rotatable bonds is 7. The number of anilines is 3. The molecule has 0 radical (unpaired) electrons. The van der Waals surface area contributed by atoms with Gasteiger partial charge in [-0.3, -0.25) is 15.0 Å². The van der Waals surface area contributed by atoms with Gasteiger partial charge in [0.15, 0.2) is 17.2 Å². The Morgan fingerprint density at radius 1 is 1.04 bits per heavy atom. The van der Waals surface area contributed by atoms with Gasteiger partial charge < -0.3 is 24.3 Å². The molecule has 1 aliphatic rings. The van der Waals surface area contributed by atoms with Crippen LogP contribution >= 0.6 is 0 Å². The van der Waals surface area contributed by atoms with Crippen molar-refractivity contribution in [2.45, 2.75) is 76.8 Å². The molecule has 6 rings (SSSR count). The predicted octanol–water partition coefficient (Wildman–Crippen LogP) is 6.09. The van der Waals surface area contributed by atoms with E-state index in [9.17, 15) is 27.9 Å². The topological polar surface area (TPSA) is 174 Å². The maximum atomic E-state index is 13.5. The molecule has 3 amide bonds. The fraction of sp³-hybridized carbons (Fsp3) is 0.400. The lowest BCUT2D eigenvalue weighted by Crippen LogP contribution is -2.28. The minimum Gasteiger partial charge on any atom is -0.444 e. The Kier molecular flexibility index (Phi) is 7.41. The molecule has 17 heteroatoms. The molecule has 5 aromatic heterocycles. The number of hydrogen-bond donors (Lipinski definition) is 4. The Balaban J connectivity index is 1.33. The zero-order valence-electron chi connectivity index (χ0n) is 26.1. The van der Waals surface area contributed by atoms with Crippen molar-refractivity contribution in [2.75, 3.05) is 16.0 Å². The average molecular weight is 656 g/mol. The number of nitrogens with one attached hydrogen (secondary N) is 3. The van der Waals surface area contributed by atoms with Crippen LogP contribution in [0.4, 0.5) is 40.1 Å². The molecule has 248 valence electrons. The van der Waals surface area contributed by atoms with Crippen molar-refractivity contribution in [1.82, 2.24) is 29.1 Å².